The number of methoxy groups -OCH3 is 1. The van der Waals surface area contributed by atoms with Gasteiger partial charge in [-0.3, -0.25) is 0 Å². The fourth-order valence-corrected chi connectivity index (χ4v) is 2.27. The third kappa shape index (κ3) is 2.91. The molecule has 0 aliphatic carbocycles. The second-order valence-electron chi connectivity index (χ2n) is 3.94. The molecule has 1 unspecified atom stereocenters. The molecule has 0 heterocycles. The quantitative estimate of drug-likeness (QED) is 0.897. The van der Waals surface area contributed by atoms with E-state index in [0.29, 0.717) is 15.1 Å². The Morgan fingerprint density at radius 3 is 2.68 bits per heavy atom. The van der Waals surface area contributed by atoms with Crippen molar-refractivity contribution >= 4 is 27.5 Å². The number of hydrogen-bond donors (Lipinski definition) is 1. The molecule has 2 aromatic carbocycles. The molecule has 0 aliphatic rings. The summed E-state index contributed by atoms with van der Waals surface area (Å²) in [5.74, 6) is -0.465. The average Bonchev–Trinajstić information content (AvgIpc) is 2.41. The molecule has 0 spiro atoms. The first kappa shape index (κ1) is 14.3. The topological polar surface area (TPSA) is 29.5 Å². The van der Waals surface area contributed by atoms with Gasteiger partial charge in [0.1, 0.15) is 6.10 Å². The zero-order valence-corrected chi connectivity index (χ0v) is 12.4. The second kappa shape index (κ2) is 5.90. The molecule has 2 rings (SSSR count). The minimum atomic E-state index is -1.08. The normalized spacial score (nSPS) is 12.3. The molecule has 2 nitrogen and oxygen atoms in total. The lowest BCUT2D eigenvalue weighted by Crippen LogP contribution is -2.04. The number of halogens is 3. The van der Waals surface area contributed by atoms with Crippen LogP contribution >= 0.6 is 27.5 Å². The van der Waals surface area contributed by atoms with Crippen molar-refractivity contribution in [3.05, 3.63) is 62.8 Å². The van der Waals surface area contributed by atoms with E-state index in [1.54, 1.807) is 24.3 Å². The maximum absolute atomic E-state index is 14.1. The van der Waals surface area contributed by atoms with E-state index in [2.05, 4.69) is 15.9 Å². The summed E-state index contributed by atoms with van der Waals surface area (Å²) in [6, 6.07) is 9.60. The van der Waals surface area contributed by atoms with E-state index in [1.165, 1.54) is 19.2 Å². The van der Waals surface area contributed by atoms with Crippen LogP contribution in [0.2, 0.25) is 5.02 Å². The number of benzene rings is 2. The average molecular weight is 346 g/mol. The molecule has 0 fully saturated rings. The predicted molar refractivity (Wildman–Crippen MR) is 76.2 cm³/mol. The van der Waals surface area contributed by atoms with Crippen LogP contribution in [0.25, 0.3) is 0 Å². The van der Waals surface area contributed by atoms with E-state index >= 15 is 0 Å². The fourth-order valence-electron chi connectivity index (χ4n) is 1.76. The van der Waals surface area contributed by atoms with Crippen LogP contribution < -0.4 is 4.74 Å². The Kier molecular flexibility index (Phi) is 4.45. The van der Waals surface area contributed by atoms with Crippen LogP contribution in [-0.2, 0) is 0 Å². The highest BCUT2D eigenvalue weighted by atomic mass is 79.9. The van der Waals surface area contributed by atoms with Gasteiger partial charge in [0.15, 0.2) is 11.6 Å². The van der Waals surface area contributed by atoms with Crippen molar-refractivity contribution in [2.45, 2.75) is 6.10 Å². The summed E-state index contributed by atoms with van der Waals surface area (Å²) in [5.41, 5.74) is 0.706. The molecular weight excluding hydrogens is 335 g/mol. The van der Waals surface area contributed by atoms with Gasteiger partial charge >= 0.3 is 0 Å². The van der Waals surface area contributed by atoms with Gasteiger partial charge in [0.2, 0.25) is 0 Å². The monoisotopic (exact) mass is 344 g/mol. The van der Waals surface area contributed by atoms with E-state index < -0.39 is 11.9 Å². The van der Waals surface area contributed by atoms with Crippen molar-refractivity contribution in [3.8, 4) is 5.75 Å². The van der Waals surface area contributed by atoms with Crippen LogP contribution in [0.1, 0.15) is 17.2 Å². The zero-order valence-electron chi connectivity index (χ0n) is 10.0. The van der Waals surface area contributed by atoms with Crippen LogP contribution in [0.4, 0.5) is 4.39 Å². The maximum atomic E-state index is 14.1. The SMILES string of the molecule is COc1cccc(C(O)c2ccc(Cl)c(Br)c2)c1F. The largest absolute Gasteiger partial charge is 0.494 e. The molecule has 1 N–H and O–H groups in total. The minimum Gasteiger partial charge on any atom is -0.494 e. The summed E-state index contributed by atoms with van der Waals surface area (Å²) in [7, 11) is 1.38. The molecule has 0 aromatic heterocycles. The Labute approximate surface area is 123 Å². The van der Waals surface area contributed by atoms with Crippen molar-refractivity contribution in [2.75, 3.05) is 7.11 Å². The van der Waals surface area contributed by atoms with Crippen LogP contribution in [0.15, 0.2) is 40.9 Å². The molecule has 0 saturated carbocycles. The van der Waals surface area contributed by atoms with Gasteiger partial charge in [0, 0.05) is 10.0 Å². The highest BCUT2D eigenvalue weighted by Gasteiger charge is 2.18. The Morgan fingerprint density at radius 2 is 2.05 bits per heavy atom. The lowest BCUT2D eigenvalue weighted by molar-refractivity contribution is 0.213. The minimum absolute atomic E-state index is 0.101. The molecule has 1 atom stereocenters. The Hall–Kier alpha value is -1.10. The molecule has 5 heteroatoms. The smallest absolute Gasteiger partial charge is 0.171 e. The van der Waals surface area contributed by atoms with Crippen LogP contribution in [-0.4, -0.2) is 12.2 Å². The number of rotatable bonds is 3. The summed E-state index contributed by atoms with van der Waals surface area (Å²) in [5, 5.41) is 10.8. The third-order valence-corrected chi connectivity index (χ3v) is 3.98. The van der Waals surface area contributed by atoms with E-state index in [-0.39, 0.29) is 11.3 Å². The molecule has 0 bridgehead atoms. The van der Waals surface area contributed by atoms with Gasteiger partial charge in [-0.25, -0.2) is 4.39 Å². The number of ether oxygens (including phenoxy) is 1. The van der Waals surface area contributed by atoms with Crippen LogP contribution in [0.3, 0.4) is 0 Å². The number of aliphatic hydroxyl groups excluding tert-OH is 1. The van der Waals surface area contributed by atoms with Gasteiger partial charge in [-0.15, -0.1) is 0 Å². The van der Waals surface area contributed by atoms with Gasteiger partial charge in [-0.05, 0) is 39.7 Å². The first-order chi connectivity index (χ1) is 9.04. The lowest BCUT2D eigenvalue weighted by Gasteiger charge is -2.14. The molecule has 0 radical (unpaired) electrons. The molecular formula is C14H11BrClFO2. The Morgan fingerprint density at radius 1 is 1.32 bits per heavy atom. The number of aliphatic hydroxyl groups is 1. The fraction of sp³-hybridized carbons (Fsp3) is 0.143. The van der Waals surface area contributed by atoms with E-state index in [0.717, 1.165) is 0 Å². The second-order valence-corrected chi connectivity index (χ2v) is 5.20. The summed E-state index contributed by atoms with van der Waals surface area (Å²) in [6.45, 7) is 0. The summed E-state index contributed by atoms with van der Waals surface area (Å²) in [4.78, 5) is 0. The maximum Gasteiger partial charge on any atom is 0.171 e. The van der Waals surface area contributed by atoms with E-state index in [1.807, 2.05) is 0 Å². The molecule has 100 valence electrons. The summed E-state index contributed by atoms with van der Waals surface area (Å²) >= 11 is 9.16. The van der Waals surface area contributed by atoms with E-state index in [9.17, 15) is 9.50 Å². The first-order valence-corrected chi connectivity index (χ1v) is 6.67. The first-order valence-electron chi connectivity index (χ1n) is 5.50. The Bertz CT molecular complexity index is 604. The van der Waals surface area contributed by atoms with Crippen molar-refractivity contribution in [1.29, 1.82) is 0 Å². The molecule has 2 aromatic rings. The standard InChI is InChI=1S/C14H11BrClFO2/c1-19-12-4-2-3-9(13(12)17)14(18)8-5-6-11(16)10(15)7-8/h2-7,14,18H,1H3. The highest BCUT2D eigenvalue weighted by molar-refractivity contribution is 9.10. The van der Waals surface area contributed by atoms with Crippen molar-refractivity contribution < 1.29 is 14.2 Å². The Balaban J connectivity index is 2.43. The van der Waals surface area contributed by atoms with Gasteiger partial charge in [-0.2, -0.15) is 0 Å². The van der Waals surface area contributed by atoms with Crippen molar-refractivity contribution in [1.82, 2.24) is 0 Å². The van der Waals surface area contributed by atoms with Gasteiger partial charge in [0.05, 0.1) is 12.1 Å². The molecule has 0 aliphatic heterocycles. The summed E-state index contributed by atoms with van der Waals surface area (Å²) in [6.07, 6.45) is -1.08. The van der Waals surface area contributed by atoms with Gasteiger partial charge in [0.25, 0.3) is 0 Å². The van der Waals surface area contributed by atoms with Gasteiger partial charge in [-0.1, -0.05) is 29.8 Å². The number of hydrogen-bond acceptors (Lipinski definition) is 2. The third-order valence-electron chi connectivity index (χ3n) is 2.77. The summed E-state index contributed by atoms with van der Waals surface area (Å²) < 4.78 is 19.6. The highest BCUT2D eigenvalue weighted by Crippen LogP contribution is 2.32. The molecule has 0 amide bonds. The molecule has 0 saturated heterocycles. The van der Waals surface area contributed by atoms with Crippen molar-refractivity contribution in [3.63, 3.8) is 0 Å². The van der Waals surface area contributed by atoms with E-state index in [4.69, 9.17) is 16.3 Å². The molecule has 19 heavy (non-hydrogen) atoms. The van der Waals surface area contributed by atoms with Crippen LogP contribution in [0.5, 0.6) is 5.75 Å². The van der Waals surface area contributed by atoms with Crippen LogP contribution in [0, 0.1) is 5.82 Å². The van der Waals surface area contributed by atoms with Crippen molar-refractivity contribution in [2.24, 2.45) is 0 Å². The lowest BCUT2D eigenvalue weighted by atomic mass is 10.0. The predicted octanol–water partition coefficient (Wildman–Crippen LogP) is 4.33. The zero-order chi connectivity index (χ0) is 14.0. The van der Waals surface area contributed by atoms with Gasteiger partial charge < -0.3 is 9.84 Å².